The second-order valence-electron chi connectivity index (χ2n) is 3.95. The van der Waals surface area contributed by atoms with Crippen LogP contribution in [0.5, 0.6) is 0 Å². The second-order valence-corrected chi connectivity index (χ2v) is 3.95. The number of hydrogen-bond acceptors (Lipinski definition) is 2. The molecular formula is C17H15FeNO-6. The van der Waals surface area contributed by atoms with Gasteiger partial charge >= 0.3 is 0 Å². The first kappa shape index (κ1) is 16.0. The van der Waals surface area contributed by atoms with E-state index in [4.69, 9.17) is 5.21 Å². The van der Waals surface area contributed by atoms with E-state index in [2.05, 4.69) is 5.16 Å². The van der Waals surface area contributed by atoms with Gasteiger partial charge in [0.15, 0.2) is 0 Å². The molecule has 0 radical (unpaired) electrons. The molecule has 0 spiro atoms. The molecule has 0 atom stereocenters. The Hall–Kier alpha value is -2.09. The number of hydrogen-bond donors (Lipinski definition) is 1. The molecule has 3 rings (SSSR count). The van der Waals surface area contributed by atoms with E-state index in [1.165, 1.54) is 0 Å². The van der Waals surface area contributed by atoms with E-state index in [0.29, 0.717) is 5.71 Å². The third kappa shape index (κ3) is 4.54. The largest absolute Gasteiger partial charge is 0.748 e. The van der Waals surface area contributed by atoms with Crippen molar-refractivity contribution in [3.8, 4) is 0 Å². The molecule has 20 heavy (non-hydrogen) atoms. The van der Waals surface area contributed by atoms with Crippen molar-refractivity contribution >= 4 is 5.71 Å². The molecule has 0 aliphatic rings. The van der Waals surface area contributed by atoms with Crippen LogP contribution in [0.3, 0.4) is 0 Å². The minimum Gasteiger partial charge on any atom is -0.748 e. The van der Waals surface area contributed by atoms with Gasteiger partial charge in [0.2, 0.25) is 0 Å². The minimum absolute atomic E-state index is 0. The van der Waals surface area contributed by atoms with Gasteiger partial charge in [-0.2, -0.15) is 12.1 Å². The predicted molar refractivity (Wildman–Crippen MR) is 77.9 cm³/mol. The topological polar surface area (TPSA) is 32.6 Å². The Morgan fingerprint density at radius 1 is 0.850 bits per heavy atom. The number of nitrogens with zero attached hydrogens (tertiary/aromatic N) is 1. The van der Waals surface area contributed by atoms with E-state index >= 15 is 0 Å². The van der Waals surface area contributed by atoms with Crippen molar-refractivity contribution in [2.75, 3.05) is 0 Å². The molecule has 0 unspecified atom stereocenters. The maximum atomic E-state index is 8.94. The van der Waals surface area contributed by atoms with Gasteiger partial charge in [-0.15, -0.1) is 17.3 Å². The van der Waals surface area contributed by atoms with Crippen molar-refractivity contribution in [3.63, 3.8) is 0 Å². The summed E-state index contributed by atoms with van der Waals surface area (Å²) in [6.07, 6.45) is 0. The van der Waals surface area contributed by atoms with Crippen molar-refractivity contribution in [1.82, 2.24) is 0 Å². The standard InChI is InChI=1S/C12H10NO.C5H5.Fe/c14-13-12(11-8-4-5-9-11)10-6-2-1-3-7-10;1-2-4-5-3-1;/h1-9,14H;1-5H;/q-1;-5;/b13-12+;;. The van der Waals surface area contributed by atoms with Gasteiger partial charge in [-0.3, -0.25) is 0 Å². The fraction of sp³-hybridized carbons (Fsp3) is 0. The zero-order valence-corrected chi connectivity index (χ0v) is 11.9. The Bertz CT molecular complexity index is 566. The molecule has 2 nitrogen and oxygen atoms in total. The molecule has 108 valence electrons. The van der Waals surface area contributed by atoms with E-state index in [9.17, 15) is 0 Å². The molecule has 1 N–H and O–H groups in total. The Labute approximate surface area is 129 Å². The Morgan fingerprint density at radius 3 is 1.80 bits per heavy atom. The van der Waals surface area contributed by atoms with Gasteiger partial charge in [-0.05, 0) is 0 Å². The quantitative estimate of drug-likeness (QED) is 0.250. The summed E-state index contributed by atoms with van der Waals surface area (Å²) >= 11 is 0. The van der Waals surface area contributed by atoms with Crippen LogP contribution in [-0.2, 0) is 17.1 Å². The van der Waals surface area contributed by atoms with Crippen LogP contribution < -0.4 is 0 Å². The zero-order valence-electron chi connectivity index (χ0n) is 10.8. The van der Waals surface area contributed by atoms with Gasteiger partial charge in [0.05, 0.1) is 0 Å². The summed E-state index contributed by atoms with van der Waals surface area (Å²) in [5, 5.41) is 12.3. The monoisotopic (exact) mass is 305 g/mol. The first-order valence-corrected chi connectivity index (χ1v) is 6.08. The molecule has 0 fully saturated rings. The van der Waals surface area contributed by atoms with Gasteiger partial charge in [-0.1, -0.05) is 41.5 Å². The van der Waals surface area contributed by atoms with Gasteiger partial charge in [0, 0.05) is 22.8 Å². The van der Waals surface area contributed by atoms with Crippen molar-refractivity contribution in [3.05, 3.63) is 96.1 Å². The van der Waals surface area contributed by atoms with Crippen molar-refractivity contribution in [2.45, 2.75) is 0 Å². The molecular weight excluding hydrogens is 290 g/mol. The third-order valence-corrected chi connectivity index (χ3v) is 2.64. The number of benzene rings is 1. The molecule has 0 bridgehead atoms. The average molecular weight is 305 g/mol. The summed E-state index contributed by atoms with van der Waals surface area (Å²) < 4.78 is 0. The molecule has 0 aromatic heterocycles. The fourth-order valence-electron chi connectivity index (χ4n) is 1.73. The van der Waals surface area contributed by atoms with Gasteiger partial charge < -0.3 is 35.5 Å². The molecule has 3 heteroatoms. The van der Waals surface area contributed by atoms with Gasteiger partial charge in [0.25, 0.3) is 0 Å². The van der Waals surface area contributed by atoms with Crippen LogP contribution >= 0.6 is 0 Å². The molecule has 0 aliphatic carbocycles. The summed E-state index contributed by atoms with van der Waals surface area (Å²) in [6.45, 7) is 0. The van der Waals surface area contributed by atoms with Gasteiger partial charge in [-0.25, -0.2) is 0 Å². The van der Waals surface area contributed by atoms with Crippen LogP contribution in [0, 0.1) is 0 Å². The summed E-state index contributed by atoms with van der Waals surface area (Å²) in [7, 11) is 0. The Morgan fingerprint density at radius 2 is 1.35 bits per heavy atom. The maximum absolute atomic E-state index is 8.94. The zero-order chi connectivity index (χ0) is 13.3. The molecule has 0 saturated heterocycles. The van der Waals surface area contributed by atoms with E-state index < -0.39 is 0 Å². The van der Waals surface area contributed by atoms with Crippen LogP contribution in [0.1, 0.15) is 11.1 Å². The van der Waals surface area contributed by atoms with Crippen LogP contribution in [0.25, 0.3) is 0 Å². The van der Waals surface area contributed by atoms with Crippen molar-refractivity contribution < 1.29 is 22.3 Å². The first-order valence-electron chi connectivity index (χ1n) is 6.08. The molecule has 0 aliphatic heterocycles. The third-order valence-electron chi connectivity index (χ3n) is 2.64. The predicted octanol–water partition coefficient (Wildman–Crippen LogP) is 4.04. The van der Waals surface area contributed by atoms with Crippen LogP contribution in [0.4, 0.5) is 0 Å². The Kier molecular flexibility index (Phi) is 7.12. The molecule has 0 saturated carbocycles. The molecule has 0 amide bonds. The fourth-order valence-corrected chi connectivity index (χ4v) is 1.73. The van der Waals surface area contributed by atoms with Gasteiger partial charge in [0.1, 0.15) is 0 Å². The second kappa shape index (κ2) is 8.92. The van der Waals surface area contributed by atoms with Crippen LogP contribution in [0.15, 0.2) is 90.1 Å². The van der Waals surface area contributed by atoms with Crippen molar-refractivity contribution in [2.24, 2.45) is 5.16 Å². The van der Waals surface area contributed by atoms with E-state index in [1.807, 2.05) is 84.9 Å². The normalized spacial score (nSPS) is 10.1. The molecule has 3 aromatic carbocycles. The molecule has 0 heterocycles. The van der Waals surface area contributed by atoms with Crippen molar-refractivity contribution in [1.29, 1.82) is 0 Å². The maximum Gasteiger partial charge on any atom is 0.0353 e. The minimum atomic E-state index is 0. The van der Waals surface area contributed by atoms with E-state index in [0.717, 1.165) is 11.1 Å². The number of rotatable bonds is 2. The first-order chi connectivity index (χ1) is 9.42. The number of oxime groups is 1. The SMILES string of the molecule is O/N=C(\c1ccccc1)[c-]1cccc1.[Fe].[cH-]1[cH-][cH-][cH-][cH-]1. The Balaban J connectivity index is 0.000000283. The van der Waals surface area contributed by atoms with E-state index in [-0.39, 0.29) is 17.1 Å². The molecule has 3 aromatic rings. The summed E-state index contributed by atoms with van der Waals surface area (Å²) in [4.78, 5) is 0. The average Bonchev–Trinajstić information content (AvgIpc) is 3.17. The smallest absolute Gasteiger partial charge is 0.0353 e. The van der Waals surface area contributed by atoms with Crippen LogP contribution in [-0.4, -0.2) is 10.9 Å². The van der Waals surface area contributed by atoms with Crippen LogP contribution in [0.2, 0.25) is 0 Å². The summed E-state index contributed by atoms with van der Waals surface area (Å²) in [6, 6.07) is 27.3. The summed E-state index contributed by atoms with van der Waals surface area (Å²) in [5.74, 6) is 0. The van der Waals surface area contributed by atoms with E-state index in [1.54, 1.807) is 0 Å². The summed E-state index contributed by atoms with van der Waals surface area (Å²) in [5.41, 5.74) is 2.45.